The standard InChI is InChI=1S/C11H16N2O2/c1-4-11(3,5-2)10-9(13(14)15)7-6-8-12-10/h6-8H,4-5H2,1-3H3. The van der Waals surface area contributed by atoms with E-state index < -0.39 is 0 Å². The van der Waals surface area contributed by atoms with E-state index in [0.717, 1.165) is 12.8 Å². The lowest BCUT2D eigenvalue weighted by atomic mass is 9.80. The lowest BCUT2D eigenvalue weighted by molar-refractivity contribution is -0.386. The minimum Gasteiger partial charge on any atom is -0.258 e. The Morgan fingerprint density at radius 2 is 2.07 bits per heavy atom. The molecule has 0 saturated carbocycles. The van der Waals surface area contributed by atoms with Crippen molar-refractivity contribution in [2.24, 2.45) is 0 Å². The Hall–Kier alpha value is -1.45. The van der Waals surface area contributed by atoms with Gasteiger partial charge in [-0.15, -0.1) is 0 Å². The zero-order valence-electron chi connectivity index (χ0n) is 9.36. The summed E-state index contributed by atoms with van der Waals surface area (Å²) >= 11 is 0. The van der Waals surface area contributed by atoms with Crippen molar-refractivity contribution in [3.63, 3.8) is 0 Å². The smallest absolute Gasteiger partial charge is 0.258 e. The van der Waals surface area contributed by atoms with Gasteiger partial charge in [-0.3, -0.25) is 15.1 Å². The Bertz CT molecular complexity index is 359. The minimum atomic E-state index is -0.355. The van der Waals surface area contributed by atoms with Crippen molar-refractivity contribution in [3.05, 3.63) is 34.1 Å². The Kier molecular flexibility index (Phi) is 3.39. The molecule has 1 aromatic rings. The molecule has 0 amide bonds. The molecule has 0 aliphatic heterocycles. The average molecular weight is 208 g/mol. The second-order valence-corrected chi connectivity index (χ2v) is 3.90. The van der Waals surface area contributed by atoms with Crippen LogP contribution < -0.4 is 0 Å². The van der Waals surface area contributed by atoms with Gasteiger partial charge in [0.2, 0.25) is 0 Å². The van der Waals surface area contributed by atoms with Gasteiger partial charge in [0, 0.05) is 17.7 Å². The Labute approximate surface area is 89.5 Å². The van der Waals surface area contributed by atoms with Crippen molar-refractivity contribution in [1.29, 1.82) is 0 Å². The van der Waals surface area contributed by atoms with E-state index in [1.54, 1.807) is 12.3 Å². The highest BCUT2D eigenvalue weighted by molar-refractivity contribution is 5.39. The van der Waals surface area contributed by atoms with Gasteiger partial charge in [-0.25, -0.2) is 0 Å². The molecule has 0 bridgehead atoms. The van der Waals surface area contributed by atoms with Crippen molar-refractivity contribution in [2.45, 2.75) is 39.0 Å². The highest BCUT2D eigenvalue weighted by Crippen LogP contribution is 2.34. The maximum absolute atomic E-state index is 10.9. The zero-order valence-corrected chi connectivity index (χ0v) is 9.36. The number of pyridine rings is 1. The number of nitrogens with zero attached hydrogens (tertiary/aromatic N) is 2. The number of hydrogen-bond acceptors (Lipinski definition) is 3. The summed E-state index contributed by atoms with van der Waals surface area (Å²) in [5, 5.41) is 10.9. The fourth-order valence-corrected chi connectivity index (χ4v) is 1.59. The third-order valence-electron chi connectivity index (χ3n) is 3.12. The summed E-state index contributed by atoms with van der Waals surface area (Å²) in [5.41, 5.74) is 0.521. The highest BCUT2D eigenvalue weighted by Gasteiger charge is 2.31. The number of nitro groups is 1. The van der Waals surface area contributed by atoms with E-state index in [1.165, 1.54) is 6.07 Å². The number of rotatable bonds is 4. The lowest BCUT2D eigenvalue weighted by Gasteiger charge is -2.25. The maximum Gasteiger partial charge on any atom is 0.291 e. The number of hydrogen-bond donors (Lipinski definition) is 0. The van der Waals surface area contributed by atoms with Crippen LogP contribution in [-0.2, 0) is 5.41 Å². The summed E-state index contributed by atoms with van der Waals surface area (Å²) in [6.07, 6.45) is 3.31. The molecule has 15 heavy (non-hydrogen) atoms. The fraction of sp³-hybridized carbons (Fsp3) is 0.545. The normalized spacial score (nSPS) is 11.4. The van der Waals surface area contributed by atoms with Gasteiger partial charge in [0.05, 0.1) is 4.92 Å². The summed E-state index contributed by atoms with van der Waals surface area (Å²) in [5.74, 6) is 0. The average Bonchev–Trinajstić information content (AvgIpc) is 2.28. The van der Waals surface area contributed by atoms with Gasteiger partial charge in [0.1, 0.15) is 5.69 Å². The molecule has 0 unspecified atom stereocenters. The van der Waals surface area contributed by atoms with Gasteiger partial charge in [-0.05, 0) is 18.9 Å². The molecular formula is C11H16N2O2. The predicted molar refractivity (Wildman–Crippen MR) is 58.8 cm³/mol. The molecule has 82 valence electrons. The molecule has 0 saturated heterocycles. The van der Waals surface area contributed by atoms with Crippen LogP contribution in [0.25, 0.3) is 0 Å². The van der Waals surface area contributed by atoms with Gasteiger partial charge in [-0.1, -0.05) is 20.8 Å². The molecule has 0 N–H and O–H groups in total. The quantitative estimate of drug-likeness (QED) is 0.564. The van der Waals surface area contributed by atoms with Crippen molar-refractivity contribution in [2.75, 3.05) is 0 Å². The second-order valence-electron chi connectivity index (χ2n) is 3.90. The SMILES string of the molecule is CCC(C)(CC)c1ncccc1[N+](=O)[O-]. The van der Waals surface area contributed by atoms with E-state index in [1.807, 2.05) is 20.8 Å². The minimum absolute atomic E-state index is 0.128. The van der Waals surface area contributed by atoms with E-state index >= 15 is 0 Å². The third kappa shape index (κ3) is 2.14. The fourth-order valence-electron chi connectivity index (χ4n) is 1.59. The van der Waals surface area contributed by atoms with Crippen LogP contribution in [0.2, 0.25) is 0 Å². The molecule has 0 aliphatic rings. The molecule has 0 radical (unpaired) electrons. The van der Waals surface area contributed by atoms with Crippen LogP contribution >= 0.6 is 0 Å². The molecule has 4 heteroatoms. The van der Waals surface area contributed by atoms with E-state index in [9.17, 15) is 10.1 Å². The molecule has 1 aromatic heterocycles. The third-order valence-corrected chi connectivity index (χ3v) is 3.12. The zero-order chi connectivity index (χ0) is 11.5. The van der Waals surface area contributed by atoms with Gasteiger partial charge in [0.15, 0.2) is 0 Å². The van der Waals surface area contributed by atoms with Crippen LogP contribution in [0.15, 0.2) is 18.3 Å². The molecule has 0 fully saturated rings. The van der Waals surface area contributed by atoms with Crippen LogP contribution in [0.3, 0.4) is 0 Å². The molecular weight excluding hydrogens is 192 g/mol. The van der Waals surface area contributed by atoms with Crippen LogP contribution in [0.1, 0.15) is 39.3 Å². The van der Waals surface area contributed by atoms with E-state index in [0.29, 0.717) is 5.69 Å². The summed E-state index contributed by atoms with van der Waals surface area (Å²) in [6, 6.07) is 3.12. The topological polar surface area (TPSA) is 56.0 Å². The van der Waals surface area contributed by atoms with Gasteiger partial charge in [0.25, 0.3) is 5.69 Å². The van der Waals surface area contributed by atoms with Crippen molar-refractivity contribution in [1.82, 2.24) is 4.98 Å². The summed E-state index contributed by atoms with van der Waals surface area (Å²) in [4.78, 5) is 14.7. The molecule has 1 heterocycles. The Morgan fingerprint density at radius 1 is 1.47 bits per heavy atom. The largest absolute Gasteiger partial charge is 0.291 e. The molecule has 0 aliphatic carbocycles. The van der Waals surface area contributed by atoms with Crippen LogP contribution in [0, 0.1) is 10.1 Å². The monoisotopic (exact) mass is 208 g/mol. The second kappa shape index (κ2) is 4.38. The molecule has 0 aromatic carbocycles. The van der Waals surface area contributed by atoms with Crippen molar-refractivity contribution in [3.8, 4) is 0 Å². The van der Waals surface area contributed by atoms with Crippen molar-refractivity contribution < 1.29 is 4.92 Å². The van der Waals surface area contributed by atoms with Crippen molar-refractivity contribution >= 4 is 5.69 Å². The van der Waals surface area contributed by atoms with E-state index in [-0.39, 0.29) is 16.0 Å². The first-order valence-electron chi connectivity index (χ1n) is 5.15. The molecule has 0 atom stereocenters. The summed E-state index contributed by atoms with van der Waals surface area (Å²) in [7, 11) is 0. The Morgan fingerprint density at radius 3 is 2.53 bits per heavy atom. The first-order valence-corrected chi connectivity index (χ1v) is 5.15. The van der Waals surface area contributed by atoms with E-state index in [2.05, 4.69) is 4.98 Å². The van der Waals surface area contributed by atoms with Gasteiger partial charge >= 0.3 is 0 Å². The highest BCUT2D eigenvalue weighted by atomic mass is 16.6. The van der Waals surface area contributed by atoms with Crippen LogP contribution in [0.4, 0.5) is 5.69 Å². The summed E-state index contributed by atoms with van der Waals surface area (Å²) in [6.45, 7) is 6.08. The van der Waals surface area contributed by atoms with E-state index in [4.69, 9.17) is 0 Å². The Balaban J connectivity index is 3.29. The molecule has 4 nitrogen and oxygen atoms in total. The molecule has 1 rings (SSSR count). The van der Waals surface area contributed by atoms with Gasteiger partial charge < -0.3 is 0 Å². The van der Waals surface area contributed by atoms with Crippen LogP contribution in [-0.4, -0.2) is 9.91 Å². The van der Waals surface area contributed by atoms with Gasteiger partial charge in [-0.2, -0.15) is 0 Å². The first-order chi connectivity index (χ1) is 7.05. The summed E-state index contributed by atoms with van der Waals surface area (Å²) < 4.78 is 0. The number of aromatic nitrogens is 1. The maximum atomic E-state index is 10.9. The van der Waals surface area contributed by atoms with Crippen LogP contribution in [0.5, 0.6) is 0 Å². The first kappa shape index (κ1) is 11.6. The predicted octanol–water partition coefficient (Wildman–Crippen LogP) is 3.07. The molecule has 0 spiro atoms. The lowest BCUT2D eigenvalue weighted by Crippen LogP contribution is -2.22.